The van der Waals surface area contributed by atoms with Gasteiger partial charge in [-0.3, -0.25) is 14.2 Å². The van der Waals surface area contributed by atoms with Crippen molar-refractivity contribution < 1.29 is 27.4 Å². The van der Waals surface area contributed by atoms with E-state index in [1.807, 2.05) is 24.3 Å². The molecule has 2 bridgehead atoms. The fourth-order valence-corrected chi connectivity index (χ4v) is 10.1. The molecule has 2 aliphatic heterocycles. The van der Waals surface area contributed by atoms with Gasteiger partial charge in [-0.25, -0.2) is 17.8 Å². The predicted octanol–water partition coefficient (Wildman–Crippen LogP) is 3.86. The minimum Gasteiger partial charge on any atom is -0.496 e. The van der Waals surface area contributed by atoms with Gasteiger partial charge in [0.05, 0.1) is 54.5 Å². The van der Waals surface area contributed by atoms with Gasteiger partial charge in [0.15, 0.2) is 15.6 Å². The molecule has 15 heteroatoms. The number of hydrogen-bond donors (Lipinski definition) is 0. The van der Waals surface area contributed by atoms with Crippen molar-refractivity contribution >= 4 is 37.2 Å². The maximum Gasteiger partial charge on any atom is 0.333 e. The number of ether oxygens (including phenoxy) is 3. The molecule has 3 fully saturated rings. The summed E-state index contributed by atoms with van der Waals surface area (Å²) >= 11 is 1.19. The van der Waals surface area contributed by atoms with Gasteiger partial charge in [-0.15, -0.1) is 4.80 Å². The zero-order valence-corrected chi connectivity index (χ0v) is 29.9. The van der Waals surface area contributed by atoms with Gasteiger partial charge in [0, 0.05) is 11.1 Å². The third kappa shape index (κ3) is 5.87. The Morgan fingerprint density at radius 3 is 2.41 bits per heavy atom. The highest BCUT2D eigenvalue weighted by atomic mass is 32.2. The molecule has 5 heterocycles. The Labute approximate surface area is 287 Å². The maximum absolute atomic E-state index is 14.8. The lowest BCUT2D eigenvalue weighted by molar-refractivity contribution is -0.123. The molecule has 7 rings (SSSR count). The van der Waals surface area contributed by atoms with E-state index in [9.17, 15) is 22.8 Å². The van der Waals surface area contributed by atoms with Gasteiger partial charge in [0.25, 0.3) is 5.56 Å². The second kappa shape index (κ2) is 12.3. The third-order valence-corrected chi connectivity index (χ3v) is 14.3. The molecule has 13 nitrogen and oxygen atoms in total. The summed E-state index contributed by atoms with van der Waals surface area (Å²) in [5, 5.41) is 9.29. The van der Waals surface area contributed by atoms with Crippen LogP contribution in [0.1, 0.15) is 76.5 Å². The number of aryl methyl sites for hydroxylation is 1. The van der Waals surface area contributed by atoms with Crippen molar-refractivity contribution in [2.24, 2.45) is 0 Å². The van der Waals surface area contributed by atoms with Gasteiger partial charge < -0.3 is 14.2 Å². The number of Topliss-reactive ketones (excluding diaryl/α,β-unsaturated/α-hetero) is 1. The topological polar surface area (TPSA) is 154 Å². The molecular weight excluding hydrogens is 671 g/mol. The average Bonchev–Trinajstić information content (AvgIpc) is 3.35. The largest absolute Gasteiger partial charge is 0.496 e. The van der Waals surface area contributed by atoms with Crippen LogP contribution in [0.5, 0.6) is 5.75 Å². The van der Waals surface area contributed by atoms with Gasteiger partial charge >= 0.3 is 5.69 Å². The standard InChI is InChI=1S/C34H41N5O8S2/c1-20-28-29(41)38(33(2,3)27(40)19-49(43,44)34(4)12-13-34)32(42)37(31(28)48-30(20)39-35-14-15-36-39)18-26(24-8-6-7-9-25(24)45-5)47-23-16-21-10-11-22(17-23)46-21/h6-9,14-15,21-23,26H,10-13,16-19H2,1-5H3/t21-,22+,23?,26-/m0/s1. The third-order valence-electron chi connectivity index (χ3n) is 10.5. The second-order valence-corrected chi connectivity index (χ2v) is 17.7. The first-order valence-corrected chi connectivity index (χ1v) is 19.1. The van der Waals surface area contributed by atoms with E-state index in [-0.39, 0.29) is 30.2 Å². The van der Waals surface area contributed by atoms with Crippen LogP contribution in [-0.2, 0) is 36.2 Å². The molecule has 3 aliphatic rings. The smallest absolute Gasteiger partial charge is 0.333 e. The van der Waals surface area contributed by atoms with Crippen LogP contribution in [0.4, 0.5) is 0 Å². The summed E-state index contributed by atoms with van der Waals surface area (Å²) in [7, 11) is -2.23. The van der Waals surface area contributed by atoms with Crippen LogP contribution in [0.25, 0.3) is 15.2 Å². The number of thiophene rings is 1. The van der Waals surface area contributed by atoms with Crippen LogP contribution in [0.3, 0.4) is 0 Å². The Bertz CT molecular complexity index is 2130. The quantitative estimate of drug-likeness (QED) is 0.212. The van der Waals surface area contributed by atoms with E-state index in [2.05, 4.69) is 10.2 Å². The second-order valence-electron chi connectivity index (χ2n) is 14.2. The van der Waals surface area contributed by atoms with Gasteiger partial charge in [0.2, 0.25) is 0 Å². The number of nitrogens with zero attached hydrogens (tertiary/aromatic N) is 5. The van der Waals surface area contributed by atoms with E-state index in [1.165, 1.54) is 46.9 Å². The van der Waals surface area contributed by atoms with Crippen LogP contribution in [0.2, 0.25) is 0 Å². The van der Waals surface area contributed by atoms with E-state index < -0.39 is 49.0 Å². The number of benzene rings is 1. The molecule has 1 aliphatic carbocycles. The number of carbonyl (C=O) groups is 1. The predicted molar refractivity (Wildman–Crippen MR) is 183 cm³/mol. The molecule has 0 N–H and O–H groups in total. The van der Waals surface area contributed by atoms with Crippen LogP contribution in [-0.4, -0.2) is 74.3 Å². The minimum absolute atomic E-state index is 0.0186. The van der Waals surface area contributed by atoms with Crippen molar-refractivity contribution in [2.45, 2.75) is 107 Å². The van der Waals surface area contributed by atoms with Gasteiger partial charge in [0.1, 0.15) is 33.0 Å². The molecule has 4 aromatic rings. The molecule has 49 heavy (non-hydrogen) atoms. The summed E-state index contributed by atoms with van der Waals surface area (Å²) in [5.41, 5.74) is -1.97. The zero-order valence-electron chi connectivity index (χ0n) is 28.2. The summed E-state index contributed by atoms with van der Waals surface area (Å²) in [6.07, 6.45) is 6.77. The SMILES string of the molecule is COc1ccccc1[C@H](Cn1c(=O)n(C(C)(C)C(=O)CS(=O)(=O)C2(C)CC2)c(=O)c2c(C)c(-n3nccn3)sc21)OC1C[C@H]2CC[C@@H](C1)O2. The Kier molecular flexibility index (Phi) is 8.48. The van der Waals surface area contributed by atoms with Crippen LogP contribution < -0.4 is 16.0 Å². The monoisotopic (exact) mass is 711 g/mol. The number of fused-ring (bicyclic) bond motifs is 3. The summed E-state index contributed by atoms with van der Waals surface area (Å²) in [5.74, 6) is -0.925. The molecular formula is C34H41N5O8S2. The zero-order chi connectivity index (χ0) is 34.9. The number of aromatic nitrogens is 5. The molecule has 3 aromatic heterocycles. The number of para-hydroxylation sites is 1. The van der Waals surface area contributed by atoms with Gasteiger partial charge in [-0.2, -0.15) is 10.2 Å². The number of methoxy groups -OCH3 is 1. The van der Waals surface area contributed by atoms with Crippen molar-refractivity contribution in [2.75, 3.05) is 12.9 Å². The van der Waals surface area contributed by atoms with Crippen LogP contribution in [0.15, 0.2) is 46.2 Å². The molecule has 1 aromatic carbocycles. The lowest BCUT2D eigenvalue weighted by atomic mass is 9.99. The number of sulfone groups is 1. The van der Waals surface area contributed by atoms with Crippen LogP contribution in [0, 0.1) is 6.92 Å². The molecule has 0 spiro atoms. The molecule has 262 valence electrons. The molecule has 4 atom stereocenters. The average molecular weight is 712 g/mol. The van der Waals surface area contributed by atoms with E-state index in [0.717, 1.165) is 23.0 Å². The fourth-order valence-electron chi connectivity index (χ4n) is 7.10. The van der Waals surface area contributed by atoms with Crippen LogP contribution >= 0.6 is 11.3 Å². The fraction of sp³-hybridized carbons (Fsp3) is 0.559. The van der Waals surface area contributed by atoms with E-state index >= 15 is 0 Å². The minimum atomic E-state index is -3.81. The first-order valence-electron chi connectivity index (χ1n) is 16.6. The Morgan fingerprint density at radius 2 is 1.78 bits per heavy atom. The normalized spacial score (nSPS) is 22.3. The molecule has 1 unspecified atom stereocenters. The number of ketones is 1. The molecule has 1 saturated carbocycles. The molecule has 0 amide bonds. The number of carbonyl (C=O) groups excluding carboxylic acids is 1. The first-order chi connectivity index (χ1) is 23.2. The Morgan fingerprint density at radius 1 is 1.12 bits per heavy atom. The van der Waals surface area contributed by atoms with E-state index in [0.29, 0.717) is 46.8 Å². The van der Waals surface area contributed by atoms with E-state index in [1.54, 1.807) is 21.0 Å². The highest BCUT2D eigenvalue weighted by molar-refractivity contribution is 7.93. The number of rotatable bonds is 12. The summed E-state index contributed by atoms with van der Waals surface area (Å²) < 4.78 is 46.5. The summed E-state index contributed by atoms with van der Waals surface area (Å²) in [4.78, 5) is 44.8. The number of hydrogen-bond acceptors (Lipinski definition) is 11. The van der Waals surface area contributed by atoms with Crippen molar-refractivity contribution in [3.8, 4) is 10.8 Å². The van der Waals surface area contributed by atoms with Crippen molar-refractivity contribution in [3.05, 3.63) is 68.6 Å². The lowest BCUT2D eigenvalue weighted by Gasteiger charge is -2.33. The Balaban J connectivity index is 1.39. The van der Waals surface area contributed by atoms with Gasteiger partial charge in [-0.1, -0.05) is 29.5 Å². The highest BCUT2D eigenvalue weighted by Crippen LogP contribution is 2.44. The highest BCUT2D eigenvalue weighted by Gasteiger charge is 2.52. The van der Waals surface area contributed by atoms with Crippen molar-refractivity contribution in [1.29, 1.82) is 0 Å². The van der Waals surface area contributed by atoms with Gasteiger partial charge in [-0.05, 0) is 72.3 Å². The summed E-state index contributed by atoms with van der Waals surface area (Å²) in [6.45, 7) is 6.22. The maximum atomic E-state index is 14.8. The van der Waals surface area contributed by atoms with E-state index in [4.69, 9.17) is 14.2 Å². The van der Waals surface area contributed by atoms with Crippen molar-refractivity contribution in [3.63, 3.8) is 0 Å². The first kappa shape index (κ1) is 33.8. The summed E-state index contributed by atoms with van der Waals surface area (Å²) in [6, 6.07) is 7.46. The lowest BCUT2D eigenvalue weighted by Crippen LogP contribution is -2.54. The van der Waals surface area contributed by atoms with Crippen molar-refractivity contribution in [1.82, 2.24) is 24.1 Å². The Hall–Kier alpha value is -3.66. The molecule has 0 radical (unpaired) electrons. The molecule has 2 saturated heterocycles.